The van der Waals surface area contributed by atoms with Crippen molar-refractivity contribution in [3.8, 4) is 0 Å². The van der Waals surface area contributed by atoms with Gasteiger partial charge in [0.25, 0.3) is 5.91 Å². The van der Waals surface area contributed by atoms with Gasteiger partial charge in [0.15, 0.2) is 0 Å². The summed E-state index contributed by atoms with van der Waals surface area (Å²) < 4.78 is 5.87. The summed E-state index contributed by atoms with van der Waals surface area (Å²) in [5.74, 6) is 2.15. The molecule has 0 aromatic heterocycles. The lowest BCUT2D eigenvalue weighted by atomic mass is 10.1. The normalized spacial score (nSPS) is 18.2. The summed E-state index contributed by atoms with van der Waals surface area (Å²) in [7, 11) is 1.66. The maximum Gasteiger partial charge on any atom is 0.255 e. The summed E-state index contributed by atoms with van der Waals surface area (Å²) in [6.45, 7) is 1.17. The standard InChI is InChI=1S/C14H17BrClNO2S/c1-19-6-5-17(11-4-7-20-9-11)14(18)12-3-2-10(16)8-13(12)15/h2-3,8,11H,4-7,9H2,1H3. The molecular formula is C14H17BrClNO2S. The van der Waals surface area contributed by atoms with E-state index < -0.39 is 0 Å². The van der Waals surface area contributed by atoms with Gasteiger partial charge in [0, 0.05) is 34.9 Å². The quantitative estimate of drug-likeness (QED) is 0.782. The zero-order valence-corrected chi connectivity index (χ0v) is 14.4. The van der Waals surface area contributed by atoms with E-state index in [1.54, 1.807) is 25.3 Å². The van der Waals surface area contributed by atoms with Crippen molar-refractivity contribution >= 4 is 45.2 Å². The Kier molecular flexibility index (Phi) is 6.20. The molecule has 20 heavy (non-hydrogen) atoms. The highest BCUT2D eigenvalue weighted by molar-refractivity contribution is 9.10. The van der Waals surface area contributed by atoms with Gasteiger partial charge in [0.2, 0.25) is 0 Å². The summed E-state index contributed by atoms with van der Waals surface area (Å²) in [4.78, 5) is 14.7. The Bertz CT molecular complexity index is 480. The molecule has 0 bridgehead atoms. The lowest BCUT2D eigenvalue weighted by Crippen LogP contribution is -2.42. The van der Waals surface area contributed by atoms with Crippen LogP contribution in [0.3, 0.4) is 0 Å². The van der Waals surface area contributed by atoms with Crippen molar-refractivity contribution in [2.75, 3.05) is 31.8 Å². The largest absolute Gasteiger partial charge is 0.383 e. The average Bonchev–Trinajstić information content (AvgIpc) is 2.93. The van der Waals surface area contributed by atoms with E-state index in [-0.39, 0.29) is 5.91 Å². The van der Waals surface area contributed by atoms with Crippen LogP contribution in [-0.2, 0) is 4.74 Å². The van der Waals surface area contributed by atoms with Gasteiger partial charge in [-0.15, -0.1) is 0 Å². The van der Waals surface area contributed by atoms with Crippen LogP contribution >= 0.6 is 39.3 Å². The average molecular weight is 379 g/mol. The number of carbonyl (C=O) groups is 1. The van der Waals surface area contributed by atoms with E-state index in [2.05, 4.69) is 15.9 Å². The van der Waals surface area contributed by atoms with Gasteiger partial charge in [-0.1, -0.05) is 11.6 Å². The smallest absolute Gasteiger partial charge is 0.255 e. The minimum Gasteiger partial charge on any atom is -0.383 e. The number of hydrogen-bond donors (Lipinski definition) is 0. The lowest BCUT2D eigenvalue weighted by molar-refractivity contribution is 0.0624. The van der Waals surface area contributed by atoms with Crippen LogP contribution in [0, 0.1) is 0 Å². The van der Waals surface area contributed by atoms with E-state index in [4.69, 9.17) is 16.3 Å². The zero-order chi connectivity index (χ0) is 14.5. The fourth-order valence-electron chi connectivity index (χ4n) is 2.23. The third-order valence-corrected chi connectivity index (χ3v) is 5.34. The molecule has 3 nitrogen and oxygen atoms in total. The molecule has 1 aliphatic rings. The molecule has 0 radical (unpaired) electrons. The van der Waals surface area contributed by atoms with Gasteiger partial charge >= 0.3 is 0 Å². The topological polar surface area (TPSA) is 29.5 Å². The number of benzene rings is 1. The first kappa shape index (κ1) is 16.1. The zero-order valence-electron chi connectivity index (χ0n) is 11.3. The molecule has 1 aromatic carbocycles. The molecule has 0 aliphatic carbocycles. The maximum atomic E-state index is 12.8. The first-order valence-electron chi connectivity index (χ1n) is 6.46. The Morgan fingerprint density at radius 2 is 2.40 bits per heavy atom. The molecule has 0 spiro atoms. The number of rotatable bonds is 5. The minimum absolute atomic E-state index is 0.0399. The number of amides is 1. The first-order chi connectivity index (χ1) is 9.63. The van der Waals surface area contributed by atoms with Crippen molar-refractivity contribution in [1.29, 1.82) is 0 Å². The number of carbonyl (C=O) groups excluding carboxylic acids is 1. The number of ether oxygens (including phenoxy) is 1. The molecule has 1 amide bonds. The van der Waals surface area contributed by atoms with Crippen molar-refractivity contribution < 1.29 is 9.53 Å². The van der Waals surface area contributed by atoms with Crippen molar-refractivity contribution in [3.63, 3.8) is 0 Å². The molecule has 6 heteroatoms. The summed E-state index contributed by atoms with van der Waals surface area (Å²) >= 11 is 11.3. The van der Waals surface area contributed by atoms with Crippen LogP contribution in [0.2, 0.25) is 5.02 Å². The van der Waals surface area contributed by atoms with Crippen LogP contribution in [0.4, 0.5) is 0 Å². The fourth-order valence-corrected chi connectivity index (χ4v) is 4.30. The molecule has 1 atom stereocenters. The van der Waals surface area contributed by atoms with Crippen LogP contribution in [0.15, 0.2) is 22.7 Å². The maximum absolute atomic E-state index is 12.8. The minimum atomic E-state index is 0.0399. The predicted molar refractivity (Wildman–Crippen MR) is 87.8 cm³/mol. The second-order valence-corrected chi connectivity index (χ2v) is 7.07. The Morgan fingerprint density at radius 1 is 1.60 bits per heavy atom. The van der Waals surface area contributed by atoms with Crippen LogP contribution in [0.1, 0.15) is 16.8 Å². The molecular weight excluding hydrogens is 362 g/mol. The molecule has 110 valence electrons. The van der Waals surface area contributed by atoms with Gasteiger partial charge < -0.3 is 9.64 Å². The molecule has 1 aromatic rings. The van der Waals surface area contributed by atoms with E-state index in [1.807, 2.05) is 16.7 Å². The second kappa shape index (κ2) is 7.69. The highest BCUT2D eigenvalue weighted by Crippen LogP contribution is 2.27. The fraction of sp³-hybridized carbons (Fsp3) is 0.500. The van der Waals surface area contributed by atoms with Gasteiger partial charge in [-0.3, -0.25) is 4.79 Å². The molecule has 1 fully saturated rings. The number of nitrogens with zero attached hydrogens (tertiary/aromatic N) is 1. The Balaban J connectivity index is 2.20. The van der Waals surface area contributed by atoms with Crippen molar-refractivity contribution in [1.82, 2.24) is 4.90 Å². The first-order valence-corrected chi connectivity index (χ1v) is 8.78. The van der Waals surface area contributed by atoms with E-state index >= 15 is 0 Å². The summed E-state index contributed by atoms with van der Waals surface area (Å²) in [6, 6.07) is 5.58. The highest BCUT2D eigenvalue weighted by atomic mass is 79.9. The monoisotopic (exact) mass is 377 g/mol. The van der Waals surface area contributed by atoms with Crippen LogP contribution in [0.5, 0.6) is 0 Å². The van der Waals surface area contributed by atoms with Gasteiger partial charge in [-0.25, -0.2) is 0 Å². The number of halogens is 2. The summed E-state index contributed by atoms with van der Waals surface area (Å²) in [6.07, 6.45) is 1.05. The molecule has 1 aliphatic heterocycles. The van der Waals surface area contributed by atoms with E-state index in [9.17, 15) is 4.79 Å². The lowest BCUT2D eigenvalue weighted by Gasteiger charge is -2.28. The van der Waals surface area contributed by atoms with Crippen molar-refractivity contribution in [2.24, 2.45) is 0 Å². The number of methoxy groups -OCH3 is 1. The molecule has 2 rings (SSSR count). The molecule has 1 saturated heterocycles. The molecule has 1 heterocycles. The van der Waals surface area contributed by atoms with Crippen molar-refractivity contribution in [2.45, 2.75) is 12.5 Å². The summed E-state index contributed by atoms with van der Waals surface area (Å²) in [5, 5.41) is 0.619. The van der Waals surface area contributed by atoms with E-state index in [0.29, 0.717) is 29.8 Å². The number of thioether (sulfide) groups is 1. The van der Waals surface area contributed by atoms with Crippen LogP contribution in [-0.4, -0.2) is 48.6 Å². The Morgan fingerprint density at radius 3 is 3.00 bits per heavy atom. The third kappa shape index (κ3) is 3.91. The van der Waals surface area contributed by atoms with E-state index in [0.717, 1.165) is 22.4 Å². The van der Waals surface area contributed by atoms with Gasteiger partial charge in [-0.2, -0.15) is 11.8 Å². The van der Waals surface area contributed by atoms with E-state index in [1.165, 1.54) is 0 Å². The van der Waals surface area contributed by atoms with Gasteiger partial charge in [0.1, 0.15) is 0 Å². The summed E-state index contributed by atoms with van der Waals surface area (Å²) in [5.41, 5.74) is 0.655. The van der Waals surface area contributed by atoms with Crippen LogP contribution in [0.25, 0.3) is 0 Å². The third-order valence-electron chi connectivity index (χ3n) is 3.31. The highest BCUT2D eigenvalue weighted by Gasteiger charge is 2.28. The predicted octanol–water partition coefficient (Wildman–Crippen LogP) is 3.70. The number of hydrogen-bond acceptors (Lipinski definition) is 3. The van der Waals surface area contributed by atoms with Crippen LogP contribution < -0.4 is 0 Å². The molecule has 1 unspecified atom stereocenters. The molecule has 0 saturated carbocycles. The van der Waals surface area contributed by atoms with Gasteiger partial charge in [0.05, 0.1) is 12.2 Å². The second-order valence-electron chi connectivity index (χ2n) is 4.63. The SMILES string of the molecule is COCCN(C(=O)c1ccc(Cl)cc1Br)C1CCSC1. The Labute approximate surface area is 137 Å². The molecule has 0 N–H and O–H groups in total. The van der Waals surface area contributed by atoms with Gasteiger partial charge in [-0.05, 0) is 46.3 Å². The van der Waals surface area contributed by atoms with Crippen molar-refractivity contribution in [3.05, 3.63) is 33.3 Å². The Hall–Kier alpha value is -0.230.